The van der Waals surface area contributed by atoms with E-state index in [0.717, 1.165) is 33.0 Å². The van der Waals surface area contributed by atoms with Crippen LogP contribution in [0.3, 0.4) is 0 Å². The number of hydrogen-bond acceptors (Lipinski definition) is 2. The van der Waals surface area contributed by atoms with E-state index in [1.165, 1.54) is 0 Å². The number of anilines is 1. The lowest BCUT2D eigenvalue weighted by Gasteiger charge is -2.20. The number of carbonyl (C=O) groups excluding carboxylic acids is 1. The monoisotopic (exact) mass is 359 g/mol. The quantitative estimate of drug-likeness (QED) is 0.733. The van der Waals surface area contributed by atoms with Gasteiger partial charge in [0.25, 0.3) is 5.91 Å². The number of benzene rings is 2. The molecule has 0 fully saturated rings. The zero-order chi connectivity index (χ0) is 18.7. The summed E-state index contributed by atoms with van der Waals surface area (Å²) < 4.78 is 5.83. The van der Waals surface area contributed by atoms with Crippen LogP contribution in [0.4, 0.5) is 5.69 Å². The predicted octanol–water partition coefficient (Wildman–Crippen LogP) is 5.79. The molecule has 1 amide bonds. The molecule has 0 heterocycles. The molecule has 2 aromatic rings. The maximum atomic E-state index is 12.6. The number of amides is 1. The molecule has 0 aliphatic carbocycles. The van der Waals surface area contributed by atoms with E-state index in [9.17, 15) is 4.79 Å². The van der Waals surface area contributed by atoms with E-state index in [0.29, 0.717) is 11.7 Å². The second kappa shape index (κ2) is 7.92. The minimum Gasteiger partial charge on any atom is -0.481 e. The third kappa shape index (κ3) is 4.55. The van der Waals surface area contributed by atoms with Crippen LogP contribution in [0, 0.1) is 20.8 Å². The van der Waals surface area contributed by atoms with Gasteiger partial charge >= 0.3 is 0 Å². The summed E-state index contributed by atoms with van der Waals surface area (Å²) >= 11 is 6.19. The van der Waals surface area contributed by atoms with Gasteiger partial charge in [-0.3, -0.25) is 4.79 Å². The molecular formula is C21H26ClNO2. The van der Waals surface area contributed by atoms with Crippen LogP contribution in [0.15, 0.2) is 30.3 Å². The van der Waals surface area contributed by atoms with Gasteiger partial charge in [0.05, 0.1) is 0 Å². The third-order valence-corrected chi connectivity index (χ3v) is 4.86. The van der Waals surface area contributed by atoms with E-state index >= 15 is 0 Å². The molecule has 0 saturated heterocycles. The molecule has 0 radical (unpaired) electrons. The Hall–Kier alpha value is -2.00. The Morgan fingerprint density at radius 3 is 2.20 bits per heavy atom. The van der Waals surface area contributed by atoms with Crippen LogP contribution in [0.25, 0.3) is 0 Å². The minimum atomic E-state index is -0.611. The molecule has 0 unspecified atom stereocenters. The van der Waals surface area contributed by atoms with Gasteiger partial charge in [0, 0.05) is 10.7 Å². The second-order valence-corrected chi connectivity index (χ2v) is 7.19. The summed E-state index contributed by atoms with van der Waals surface area (Å²) in [7, 11) is 0. The molecular weight excluding hydrogens is 334 g/mol. The average molecular weight is 360 g/mol. The molecule has 0 saturated carbocycles. The van der Waals surface area contributed by atoms with Crippen LogP contribution < -0.4 is 10.1 Å². The smallest absolute Gasteiger partial charge is 0.265 e. The molecule has 2 aromatic carbocycles. The standard InChI is InChI=1S/C21H26ClNO2/c1-12(2)18-9-7-8-13(3)20(18)23-21(24)16(6)25-17-10-14(4)19(22)15(5)11-17/h7-12,16H,1-6H3,(H,23,24)/t16-/m1/s1. The first-order valence-electron chi connectivity index (χ1n) is 8.54. The normalized spacial score (nSPS) is 12.2. The van der Waals surface area contributed by atoms with Gasteiger partial charge in [0.15, 0.2) is 6.10 Å². The number of nitrogens with one attached hydrogen (secondary N) is 1. The first-order valence-corrected chi connectivity index (χ1v) is 8.92. The molecule has 1 N–H and O–H groups in total. The number of carbonyl (C=O) groups is 1. The fourth-order valence-electron chi connectivity index (χ4n) is 2.80. The molecule has 0 spiro atoms. The molecule has 0 aromatic heterocycles. The van der Waals surface area contributed by atoms with E-state index in [2.05, 4.69) is 19.2 Å². The van der Waals surface area contributed by atoms with Crippen molar-refractivity contribution in [2.75, 3.05) is 5.32 Å². The van der Waals surface area contributed by atoms with E-state index < -0.39 is 6.10 Å². The van der Waals surface area contributed by atoms with Crippen molar-refractivity contribution in [1.82, 2.24) is 0 Å². The summed E-state index contributed by atoms with van der Waals surface area (Å²) in [5.41, 5.74) is 4.92. The summed E-state index contributed by atoms with van der Waals surface area (Å²) in [5, 5.41) is 3.76. The SMILES string of the molecule is Cc1cc(O[C@H](C)C(=O)Nc2c(C)cccc2C(C)C)cc(C)c1Cl. The number of rotatable bonds is 5. The van der Waals surface area contributed by atoms with Gasteiger partial charge in [-0.25, -0.2) is 0 Å². The lowest BCUT2D eigenvalue weighted by atomic mass is 9.98. The van der Waals surface area contributed by atoms with E-state index in [1.54, 1.807) is 6.92 Å². The summed E-state index contributed by atoms with van der Waals surface area (Å²) in [5.74, 6) is 0.811. The highest BCUT2D eigenvalue weighted by molar-refractivity contribution is 6.32. The highest BCUT2D eigenvalue weighted by Gasteiger charge is 2.19. The number of aryl methyl sites for hydroxylation is 3. The van der Waals surface area contributed by atoms with E-state index in [-0.39, 0.29) is 5.91 Å². The van der Waals surface area contributed by atoms with Crippen molar-refractivity contribution in [2.45, 2.75) is 53.6 Å². The van der Waals surface area contributed by atoms with Crippen molar-refractivity contribution in [3.05, 3.63) is 57.6 Å². The van der Waals surface area contributed by atoms with Crippen LogP contribution in [0.2, 0.25) is 5.02 Å². The van der Waals surface area contributed by atoms with Gasteiger partial charge in [0.1, 0.15) is 5.75 Å². The van der Waals surface area contributed by atoms with Crippen molar-refractivity contribution >= 4 is 23.2 Å². The van der Waals surface area contributed by atoms with E-state index in [1.807, 2.05) is 51.1 Å². The minimum absolute atomic E-state index is 0.165. The number of para-hydroxylation sites is 1. The van der Waals surface area contributed by atoms with Crippen molar-refractivity contribution in [2.24, 2.45) is 0 Å². The molecule has 25 heavy (non-hydrogen) atoms. The maximum Gasteiger partial charge on any atom is 0.265 e. The summed E-state index contributed by atoms with van der Waals surface area (Å²) in [6, 6.07) is 9.77. The maximum absolute atomic E-state index is 12.6. The zero-order valence-corrected chi connectivity index (χ0v) is 16.5. The van der Waals surface area contributed by atoms with Crippen LogP contribution in [0.1, 0.15) is 48.9 Å². The Morgan fingerprint density at radius 2 is 1.64 bits per heavy atom. The van der Waals surface area contributed by atoms with E-state index in [4.69, 9.17) is 16.3 Å². The molecule has 1 atom stereocenters. The molecule has 3 nitrogen and oxygen atoms in total. The number of hydrogen-bond donors (Lipinski definition) is 1. The van der Waals surface area contributed by atoms with Gasteiger partial charge in [0.2, 0.25) is 0 Å². The van der Waals surface area contributed by atoms with Gasteiger partial charge in [-0.1, -0.05) is 43.6 Å². The lowest BCUT2D eigenvalue weighted by molar-refractivity contribution is -0.122. The zero-order valence-electron chi connectivity index (χ0n) is 15.7. The van der Waals surface area contributed by atoms with Gasteiger partial charge in [-0.2, -0.15) is 0 Å². The number of ether oxygens (including phenoxy) is 1. The average Bonchev–Trinajstić information content (AvgIpc) is 2.53. The van der Waals surface area contributed by atoms with Crippen LogP contribution >= 0.6 is 11.6 Å². The van der Waals surface area contributed by atoms with Gasteiger partial charge in [-0.15, -0.1) is 0 Å². The Kier molecular flexibility index (Phi) is 6.12. The first-order chi connectivity index (χ1) is 11.7. The summed E-state index contributed by atoms with van der Waals surface area (Å²) in [4.78, 5) is 12.6. The van der Waals surface area contributed by atoms with Gasteiger partial charge < -0.3 is 10.1 Å². The Balaban J connectivity index is 2.17. The summed E-state index contributed by atoms with van der Waals surface area (Å²) in [6.07, 6.45) is -0.611. The first kappa shape index (κ1) is 19.3. The lowest BCUT2D eigenvalue weighted by Crippen LogP contribution is -2.31. The topological polar surface area (TPSA) is 38.3 Å². The van der Waals surface area contributed by atoms with Gasteiger partial charge in [-0.05, 0) is 68.0 Å². The van der Waals surface area contributed by atoms with Crippen LogP contribution in [-0.2, 0) is 4.79 Å². The van der Waals surface area contributed by atoms with Crippen molar-refractivity contribution < 1.29 is 9.53 Å². The fraction of sp³-hybridized carbons (Fsp3) is 0.381. The Bertz CT molecular complexity index is 760. The second-order valence-electron chi connectivity index (χ2n) is 6.81. The van der Waals surface area contributed by atoms with Crippen molar-refractivity contribution in [3.8, 4) is 5.75 Å². The molecule has 0 aliphatic rings. The molecule has 0 aliphatic heterocycles. The Labute approximate surface area is 155 Å². The molecule has 4 heteroatoms. The Morgan fingerprint density at radius 1 is 1.04 bits per heavy atom. The summed E-state index contributed by atoms with van der Waals surface area (Å²) in [6.45, 7) is 11.8. The van der Waals surface area contributed by atoms with Crippen LogP contribution in [0.5, 0.6) is 5.75 Å². The predicted molar refractivity (Wildman–Crippen MR) is 105 cm³/mol. The van der Waals surface area contributed by atoms with Crippen molar-refractivity contribution in [1.29, 1.82) is 0 Å². The fourth-order valence-corrected chi connectivity index (χ4v) is 2.91. The number of halogens is 1. The third-order valence-electron chi connectivity index (χ3n) is 4.27. The molecule has 134 valence electrons. The van der Waals surface area contributed by atoms with Crippen LogP contribution in [-0.4, -0.2) is 12.0 Å². The highest BCUT2D eigenvalue weighted by Crippen LogP contribution is 2.29. The van der Waals surface area contributed by atoms with Crippen molar-refractivity contribution in [3.63, 3.8) is 0 Å². The molecule has 0 bridgehead atoms. The molecule has 2 rings (SSSR count). The largest absolute Gasteiger partial charge is 0.481 e. The highest BCUT2D eigenvalue weighted by atomic mass is 35.5.